The molecule has 24 heteroatoms. The summed E-state index contributed by atoms with van der Waals surface area (Å²) in [5.74, 6) is 7.47. The number of unbranched alkanes of at least 4 members (excludes halogenated alkanes) is 18. The van der Waals surface area contributed by atoms with Crippen molar-refractivity contribution >= 4 is 54.9 Å². The fourth-order valence-electron chi connectivity index (χ4n) is 14.4. The summed E-state index contributed by atoms with van der Waals surface area (Å²) in [7, 11) is 0. The molecule has 0 atom stereocenters. The molecule has 3 aliphatic rings. The van der Waals surface area contributed by atoms with Crippen LogP contribution in [0.4, 0.5) is 0 Å². The number of H-pyrrole nitrogens is 2. The van der Waals surface area contributed by atoms with E-state index < -0.39 is 0 Å². The lowest BCUT2D eigenvalue weighted by Gasteiger charge is -2.15. The van der Waals surface area contributed by atoms with E-state index in [0.717, 1.165) is 209 Å². The molecule has 0 saturated heterocycles. The van der Waals surface area contributed by atoms with Crippen molar-refractivity contribution in [2.24, 2.45) is 0 Å². The maximum Gasteiger partial charge on any atom is 0.164 e. The van der Waals surface area contributed by atoms with Crippen LogP contribution in [-0.4, -0.2) is 185 Å². The Morgan fingerprint density at radius 1 is 0.254 bits per heavy atom. The van der Waals surface area contributed by atoms with Crippen LogP contribution in [0, 0.1) is 0 Å². The molecule has 118 heavy (non-hydrogen) atoms. The fourth-order valence-corrected chi connectivity index (χ4v) is 14.4. The maximum atomic E-state index is 6.79. The van der Waals surface area contributed by atoms with Crippen LogP contribution in [0.2, 0.25) is 0 Å². The highest BCUT2D eigenvalue weighted by Crippen LogP contribution is 2.47. The summed E-state index contributed by atoms with van der Waals surface area (Å²) in [5.41, 5.74) is 4.59. The molecule has 3 aromatic heterocycles. The fraction of sp³-hybridized carbons (Fsp3) is 0.553. The van der Waals surface area contributed by atoms with Gasteiger partial charge in [-0.15, -0.1) is 0 Å². The van der Waals surface area contributed by atoms with Gasteiger partial charge in [0.15, 0.2) is 69.3 Å². The number of rotatable bonds is 36. The summed E-state index contributed by atoms with van der Waals surface area (Å²) in [6.07, 6.45) is 24.9. The molecular formula is C94H126N8O16. The van der Waals surface area contributed by atoms with E-state index in [1.165, 1.54) is 0 Å². The molecule has 0 saturated carbocycles. The first-order chi connectivity index (χ1) is 58.4. The van der Waals surface area contributed by atoms with Crippen LogP contribution in [0.15, 0.2) is 84.9 Å². The molecular weight excluding hydrogens is 1500 g/mol. The minimum absolute atomic E-state index is 0.168. The topological polar surface area (TPSA) is 257 Å². The second-order valence-corrected chi connectivity index (χ2v) is 30.1. The zero-order chi connectivity index (χ0) is 81.6. The second kappa shape index (κ2) is 48.7. The number of aromatic nitrogens is 8. The first kappa shape index (κ1) is 88.0. The van der Waals surface area contributed by atoms with Crippen LogP contribution < -0.4 is 47.4 Å². The lowest BCUT2D eigenvalue weighted by molar-refractivity contribution is 0.00398. The molecule has 3 aliphatic heterocycles. The molecule has 0 amide bonds. The van der Waals surface area contributed by atoms with Gasteiger partial charge in [-0.3, -0.25) is 0 Å². The Morgan fingerprint density at radius 3 is 0.754 bits per heavy atom. The normalized spacial score (nSPS) is 14.4. The van der Waals surface area contributed by atoms with Crippen molar-refractivity contribution in [3.63, 3.8) is 0 Å². The predicted octanol–water partition coefficient (Wildman–Crippen LogP) is 21.1. The van der Waals surface area contributed by atoms with E-state index in [-0.39, 0.29) is 26.4 Å². The predicted molar refractivity (Wildman–Crippen MR) is 465 cm³/mol. The van der Waals surface area contributed by atoms with Crippen LogP contribution in [0.25, 0.3) is 100 Å². The highest BCUT2D eigenvalue weighted by molar-refractivity contribution is 6.08. The Morgan fingerprint density at radius 2 is 0.492 bits per heavy atom. The number of nitrogens with one attached hydrogen (secondary N) is 2. The van der Waals surface area contributed by atoms with Gasteiger partial charge in [-0.25, -0.2) is 29.9 Å². The molecule has 12 rings (SSSR count). The minimum Gasteiger partial charge on any atom is -0.490 e. The number of hydrogen-bond donors (Lipinski definition) is 2. The zero-order valence-corrected chi connectivity index (χ0v) is 70.8. The number of benzene rings is 6. The lowest BCUT2D eigenvalue weighted by Crippen LogP contribution is -2.15. The van der Waals surface area contributed by atoms with Gasteiger partial charge >= 0.3 is 0 Å². The molecule has 0 unspecified atom stereocenters. The van der Waals surface area contributed by atoms with Gasteiger partial charge in [-0.1, -0.05) is 181 Å². The standard InChI is InChI=1S/C94H126N8O16/c1-7-13-19-25-37-109-78-59-68-69(60-79(78)110-38-26-20-14-8-2)88-95-87(68)96-89-70-61-80(111-39-27-21-15-9-3)82(113-41-29-23-17-11-5)63-72(70)91(98-89)100-93-74-65-84-85(66-75(74)94(102-93)101-92-73-64-83(114-42-30-24-18-12-6)81(112-40-28-22-16-10-4)62-71(73)90(97-88)99-92)118-58-54-108-50-46-104-44-48-106-52-56-116-77-36-32-34-67-33-31-35-76(86(67)77)115-55-51-105-47-43-103-45-49-107-53-57-117-84/h31-36,59-66H,7-30,37-58H2,1-6H3,(H2,95,96,97,98,99,100,101,102). The Balaban J connectivity index is 0.983. The third kappa shape index (κ3) is 25.4. The van der Waals surface area contributed by atoms with E-state index in [2.05, 4.69) is 51.5 Å². The van der Waals surface area contributed by atoms with E-state index in [4.69, 9.17) is 106 Å². The Bertz CT molecular complexity index is 4460. The molecule has 9 aromatic rings. The van der Waals surface area contributed by atoms with Gasteiger partial charge in [0, 0.05) is 43.8 Å². The van der Waals surface area contributed by atoms with Gasteiger partial charge in [0.2, 0.25) is 0 Å². The van der Waals surface area contributed by atoms with E-state index in [1.807, 2.05) is 84.9 Å². The van der Waals surface area contributed by atoms with Crippen molar-refractivity contribution in [2.75, 3.05) is 145 Å². The monoisotopic (exact) mass is 1620 g/mol. The molecule has 0 spiro atoms. The van der Waals surface area contributed by atoms with Crippen molar-refractivity contribution in [1.29, 1.82) is 0 Å². The third-order valence-electron chi connectivity index (χ3n) is 20.9. The Hall–Kier alpha value is -9.30. The summed E-state index contributed by atoms with van der Waals surface area (Å²) in [6.45, 7) is 21.5. The molecule has 6 heterocycles. The number of aromatic amines is 2. The molecule has 24 nitrogen and oxygen atoms in total. The molecule has 6 aromatic carbocycles. The average Bonchev–Trinajstić information content (AvgIpc) is 1.59. The average molecular weight is 1620 g/mol. The lowest BCUT2D eigenvalue weighted by atomic mass is 10.1. The third-order valence-corrected chi connectivity index (χ3v) is 20.9. The molecule has 2 N–H and O–H groups in total. The highest BCUT2D eigenvalue weighted by atomic mass is 16.6. The van der Waals surface area contributed by atoms with Gasteiger partial charge < -0.3 is 85.8 Å². The summed E-state index contributed by atoms with van der Waals surface area (Å²) < 4.78 is 103. The number of ether oxygens (including phenoxy) is 16. The summed E-state index contributed by atoms with van der Waals surface area (Å²) in [4.78, 5) is 40.7. The number of fused-ring (bicyclic) bond motifs is 21. The van der Waals surface area contributed by atoms with Crippen molar-refractivity contribution < 1.29 is 75.8 Å². The molecule has 0 fully saturated rings. The van der Waals surface area contributed by atoms with Gasteiger partial charge in [0.25, 0.3) is 0 Å². The van der Waals surface area contributed by atoms with E-state index in [1.54, 1.807) is 0 Å². The van der Waals surface area contributed by atoms with Crippen molar-refractivity contribution in [3.8, 4) is 103 Å². The minimum atomic E-state index is 0.168. The van der Waals surface area contributed by atoms with Crippen LogP contribution in [-0.2, 0) is 28.4 Å². The van der Waals surface area contributed by atoms with E-state index in [9.17, 15) is 0 Å². The smallest absolute Gasteiger partial charge is 0.164 e. The quantitative estimate of drug-likeness (QED) is 0.0346. The maximum absolute atomic E-state index is 6.79. The summed E-state index contributed by atoms with van der Waals surface area (Å²) >= 11 is 0. The largest absolute Gasteiger partial charge is 0.490 e. The highest BCUT2D eigenvalue weighted by Gasteiger charge is 2.29. The van der Waals surface area contributed by atoms with Gasteiger partial charge in [-0.05, 0) is 105 Å². The molecule has 638 valence electrons. The second-order valence-electron chi connectivity index (χ2n) is 30.1. The van der Waals surface area contributed by atoms with Crippen LogP contribution in [0.3, 0.4) is 0 Å². The molecule has 0 radical (unpaired) electrons. The zero-order valence-electron chi connectivity index (χ0n) is 70.8. The van der Waals surface area contributed by atoms with Crippen molar-refractivity contribution in [2.45, 2.75) is 196 Å². The SMILES string of the molecule is CCCCCCOc1cc2c(cc1OCCCCCC)-c1nc-2nc2[nH]c(nc3nc(nc4[nH]c(n1)c1cc(OCCCCCC)c(OCCCCCC)cc41)-c1cc4c(cc1-3)OCCOCCOCCOCCOc1cccc3cccc(c13)OCCOCCOCCOCCO4)c1cc(OCCCCCC)c(OCCCCCC)cc21. The van der Waals surface area contributed by atoms with Crippen LogP contribution >= 0.6 is 0 Å². The summed E-state index contributed by atoms with van der Waals surface area (Å²) in [5, 5.41) is 4.82. The van der Waals surface area contributed by atoms with E-state index in [0.29, 0.717) is 222 Å². The first-order valence-corrected chi connectivity index (χ1v) is 44.2. The van der Waals surface area contributed by atoms with E-state index >= 15 is 0 Å². The van der Waals surface area contributed by atoms with Gasteiger partial charge in [-0.2, -0.15) is 0 Å². The summed E-state index contributed by atoms with van der Waals surface area (Å²) in [6, 6.07) is 27.9. The van der Waals surface area contributed by atoms with Crippen LogP contribution in [0.1, 0.15) is 196 Å². The van der Waals surface area contributed by atoms with Crippen molar-refractivity contribution in [3.05, 3.63) is 84.9 Å². The molecule has 8 bridgehead atoms. The number of hydrogen-bond acceptors (Lipinski definition) is 22. The molecule has 0 aliphatic carbocycles. The van der Waals surface area contributed by atoms with Crippen LogP contribution in [0.5, 0.6) is 57.5 Å². The van der Waals surface area contributed by atoms with Gasteiger partial charge in [0.05, 0.1) is 124 Å². The Kier molecular flexibility index (Phi) is 36.3. The number of nitrogens with zero attached hydrogens (tertiary/aromatic N) is 6. The Labute approximate surface area is 696 Å². The van der Waals surface area contributed by atoms with Crippen molar-refractivity contribution in [1.82, 2.24) is 39.9 Å². The first-order valence-electron chi connectivity index (χ1n) is 44.2. The van der Waals surface area contributed by atoms with Gasteiger partial charge in [0.1, 0.15) is 60.5 Å².